The fourth-order valence-electron chi connectivity index (χ4n) is 2.52. The van der Waals surface area contributed by atoms with Crippen LogP contribution < -0.4 is 0 Å². The summed E-state index contributed by atoms with van der Waals surface area (Å²) in [5.74, 6) is 0.0977. The first-order valence-electron chi connectivity index (χ1n) is 6.77. The number of rotatable bonds is 3. The number of nitrogens with zero attached hydrogens (tertiary/aromatic N) is 1. The maximum Gasteiger partial charge on any atom is 0.167 e. The van der Waals surface area contributed by atoms with Crippen molar-refractivity contribution < 1.29 is 4.79 Å². The molecular formula is C18H14ClNO. The molecule has 0 unspecified atom stereocenters. The highest BCUT2D eigenvalue weighted by Gasteiger charge is 2.12. The van der Waals surface area contributed by atoms with E-state index < -0.39 is 0 Å². The second kappa shape index (κ2) is 5.66. The van der Waals surface area contributed by atoms with Gasteiger partial charge in [-0.2, -0.15) is 0 Å². The molecular weight excluding hydrogens is 282 g/mol. The predicted octanol–water partition coefficient (Wildman–Crippen LogP) is 4.62. The van der Waals surface area contributed by atoms with Crippen LogP contribution in [0.15, 0.2) is 54.7 Å². The van der Waals surface area contributed by atoms with Gasteiger partial charge in [-0.05, 0) is 48.4 Å². The Hall–Kier alpha value is -2.19. The quantitative estimate of drug-likeness (QED) is 0.660. The van der Waals surface area contributed by atoms with Gasteiger partial charge in [0, 0.05) is 28.6 Å². The molecule has 0 amide bonds. The van der Waals surface area contributed by atoms with E-state index in [0.717, 1.165) is 27.6 Å². The van der Waals surface area contributed by atoms with Gasteiger partial charge in [-0.3, -0.25) is 9.78 Å². The zero-order valence-electron chi connectivity index (χ0n) is 11.6. The second-order valence-electron chi connectivity index (χ2n) is 5.05. The third-order valence-electron chi connectivity index (χ3n) is 3.58. The van der Waals surface area contributed by atoms with Crippen LogP contribution in [0, 0.1) is 6.92 Å². The number of aryl methyl sites for hydroxylation is 1. The van der Waals surface area contributed by atoms with Crippen molar-refractivity contribution in [3.8, 4) is 0 Å². The molecule has 1 aromatic heterocycles. The van der Waals surface area contributed by atoms with E-state index in [0.29, 0.717) is 11.4 Å². The maximum absolute atomic E-state index is 12.5. The van der Waals surface area contributed by atoms with Crippen molar-refractivity contribution in [3.05, 3.63) is 76.4 Å². The Labute approximate surface area is 128 Å². The number of pyridine rings is 1. The third-order valence-corrected chi connectivity index (χ3v) is 3.81. The summed E-state index contributed by atoms with van der Waals surface area (Å²) in [5.41, 5.74) is 3.54. The number of benzene rings is 2. The normalized spacial score (nSPS) is 10.8. The van der Waals surface area contributed by atoms with Crippen LogP contribution in [0.1, 0.15) is 21.5 Å². The lowest BCUT2D eigenvalue weighted by atomic mass is 9.97. The molecule has 0 fully saturated rings. The zero-order chi connectivity index (χ0) is 14.8. The lowest BCUT2D eigenvalue weighted by Gasteiger charge is -2.08. The van der Waals surface area contributed by atoms with Crippen LogP contribution in [0.25, 0.3) is 10.9 Å². The topological polar surface area (TPSA) is 30.0 Å². The largest absolute Gasteiger partial charge is 0.294 e. The Morgan fingerprint density at radius 2 is 1.95 bits per heavy atom. The van der Waals surface area contributed by atoms with Crippen LogP contribution in [0.4, 0.5) is 0 Å². The van der Waals surface area contributed by atoms with E-state index in [1.54, 1.807) is 18.3 Å². The minimum absolute atomic E-state index is 0.0977. The van der Waals surface area contributed by atoms with Gasteiger partial charge in [0.2, 0.25) is 0 Å². The fraction of sp³-hybridized carbons (Fsp3) is 0.111. The van der Waals surface area contributed by atoms with Crippen LogP contribution >= 0.6 is 11.6 Å². The number of Topliss-reactive ketones (excluding diaryl/α,β-unsaturated/α-hetero) is 1. The van der Waals surface area contributed by atoms with Crippen LogP contribution in [-0.2, 0) is 6.42 Å². The molecule has 0 aliphatic heterocycles. The first-order chi connectivity index (χ1) is 10.1. The van der Waals surface area contributed by atoms with Crippen LogP contribution in [-0.4, -0.2) is 10.8 Å². The lowest BCUT2D eigenvalue weighted by molar-refractivity contribution is 0.0992. The number of fused-ring (bicyclic) bond motifs is 1. The number of carbonyl (C=O) groups excluding carboxylic acids is 1. The molecule has 0 radical (unpaired) electrons. The number of halogens is 1. The van der Waals surface area contributed by atoms with Gasteiger partial charge in [0.25, 0.3) is 0 Å². The summed E-state index contributed by atoms with van der Waals surface area (Å²) in [7, 11) is 0. The summed E-state index contributed by atoms with van der Waals surface area (Å²) >= 11 is 5.94. The summed E-state index contributed by atoms with van der Waals surface area (Å²) in [4.78, 5) is 16.8. The Balaban J connectivity index is 1.97. The summed E-state index contributed by atoms with van der Waals surface area (Å²) in [6.07, 6.45) is 2.12. The molecule has 1 heterocycles. The molecule has 0 aliphatic carbocycles. The molecule has 2 nitrogen and oxygen atoms in total. The molecule has 0 saturated carbocycles. The fourth-order valence-corrected chi connectivity index (χ4v) is 2.74. The van der Waals surface area contributed by atoms with Gasteiger partial charge in [-0.25, -0.2) is 0 Å². The molecule has 3 heteroatoms. The Bertz CT molecular complexity index is 821. The lowest BCUT2D eigenvalue weighted by Crippen LogP contribution is -2.06. The summed E-state index contributed by atoms with van der Waals surface area (Å²) in [5, 5.41) is 1.68. The van der Waals surface area contributed by atoms with Crippen molar-refractivity contribution in [3.63, 3.8) is 0 Å². The monoisotopic (exact) mass is 295 g/mol. The SMILES string of the molecule is Cc1cc(Cl)ccc1C(=O)Cc1ccnc2ccccc12. The van der Waals surface area contributed by atoms with Crippen LogP contribution in [0.2, 0.25) is 5.02 Å². The molecule has 104 valence electrons. The van der Waals surface area contributed by atoms with Gasteiger partial charge in [-0.15, -0.1) is 0 Å². The van der Waals surface area contributed by atoms with Gasteiger partial charge >= 0.3 is 0 Å². The molecule has 0 atom stereocenters. The van der Waals surface area contributed by atoms with Crippen molar-refractivity contribution in [2.45, 2.75) is 13.3 Å². The van der Waals surface area contributed by atoms with Gasteiger partial charge in [-0.1, -0.05) is 29.8 Å². The molecule has 0 spiro atoms. The van der Waals surface area contributed by atoms with E-state index in [2.05, 4.69) is 4.98 Å². The van der Waals surface area contributed by atoms with E-state index in [4.69, 9.17) is 11.6 Å². The summed E-state index contributed by atoms with van der Waals surface area (Å²) in [6, 6.07) is 15.1. The Kier molecular flexibility index (Phi) is 3.72. The molecule has 2 aromatic carbocycles. The maximum atomic E-state index is 12.5. The predicted molar refractivity (Wildman–Crippen MR) is 86.0 cm³/mol. The Morgan fingerprint density at radius 3 is 2.76 bits per heavy atom. The minimum atomic E-state index is 0.0977. The number of aromatic nitrogens is 1. The number of carbonyl (C=O) groups is 1. The van der Waals surface area contributed by atoms with E-state index in [9.17, 15) is 4.79 Å². The third kappa shape index (κ3) is 2.81. The van der Waals surface area contributed by atoms with Crippen LogP contribution in [0.5, 0.6) is 0 Å². The smallest absolute Gasteiger partial charge is 0.167 e. The molecule has 0 bridgehead atoms. The highest BCUT2D eigenvalue weighted by Crippen LogP contribution is 2.21. The highest BCUT2D eigenvalue weighted by molar-refractivity contribution is 6.30. The number of hydrogen-bond acceptors (Lipinski definition) is 2. The van der Waals surface area contributed by atoms with Crippen molar-refractivity contribution in [1.82, 2.24) is 4.98 Å². The Morgan fingerprint density at radius 1 is 1.14 bits per heavy atom. The van der Waals surface area contributed by atoms with Gasteiger partial charge in [0.05, 0.1) is 5.52 Å². The molecule has 3 aromatic rings. The van der Waals surface area contributed by atoms with E-state index in [1.807, 2.05) is 43.3 Å². The van der Waals surface area contributed by atoms with Gasteiger partial charge in [0.1, 0.15) is 0 Å². The number of ketones is 1. The van der Waals surface area contributed by atoms with Gasteiger partial charge in [0.15, 0.2) is 5.78 Å². The van der Waals surface area contributed by atoms with E-state index >= 15 is 0 Å². The van der Waals surface area contributed by atoms with E-state index in [1.165, 1.54) is 0 Å². The minimum Gasteiger partial charge on any atom is -0.294 e. The summed E-state index contributed by atoms with van der Waals surface area (Å²) in [6.45, 7) is 1.91. The molecule has 0 aliphatic rings. The van der Waals surface area contributed by atoms with Crippen molar-refractivity contribution >= 4 is 28.3 Å². The molecule has 21 heavy (non-hydrogen) atoms. The molecule has 0 saturated heterocycles. The van der Waals surface area contributed by atoms with Crippen molar-refractivity contribution in [2.75, 3.05) is 0 Å². The molecule has 0 N–H and O–H groups in total. The van der Waals surface area contributed by atoms with E-state index in [-0.39, 0.29) is 5.78 Å². The summed E-state index contributed by atoms with van der Waals surface area (Å²) < 4.78 is 0. The van der Waals surface area contributed by atoms with Gasteiger partial charge < -0.3 is 0 Å². The zero-order valence-corrected chi connectivity index (χ0v) is 12.4. The number of para-hydroxylation sites is 1. The second-order valence-corrected chi connectivity index (χ2v) is 5.48. The van der Waals surface area contributed by atoms with Crippen molar-refractivity contribution in [1.29, 1.82) is 0 Å². The standard InChI is InChI=1S/C18H14ClNO/c1-12-10-14(19)6-7-15(12)18(21)11-13-8-9-20-17-5-3-2-4-16(13)17/h2-10H,11H2,1H3. The van der Waals surface area contributed by atoms with Crippen LogP contribution in [0.3, 0.4) is 0 Å². The average Bonchev–Trinajstić information content (AvgIpc) is 2.47. The average molecular weight is 296 g/mol. The first-order valence-corrected chi connectivity index (χ1v) is 7.15. The molecule has 3 rings (SSSR count). The number of hydrogen-bond donors (Lipinski definition) is 0. The first kappa shape index (κ1) is 13.8. The highest BCUT2D eigenvalue weighted by atomic mass is 35.5. The van der Waals surface area contributed by atoms with Crippen molar-refractivity contribution in [2.24, 2.45) is 0 Å².